The molecule has 1 aliphatic heterocycles. The van der Waals surface area contributed by atoms with Crippen LogP contribution in [0.25, 0.3) is 0 Å². The number of hydrogen-bond acceptors (Lipinski definition) is 4. The zero-order valence-electron chi connectivity index (χ0n) is 16.0. The predicted octanol–water partition coefficient (Wildman–Crippen LogP) is 3.40. The smallest absolute Gasteiger partial charge is 0.250 e. The summed E-state index contributed by atoms with van der Waals surface area (Å²) in [5.41, 5.74) is 0.582. The lowest BCUT2D eigenvalue weighted by molar-refractivity contribution is -0.123. The Bertz CT molecular complexity index is 727. The molecule has 1 saturated carbocycles. The molecule has 1 aliphatic carbocycles. The van der Waals surface area contributed by atoms with Crippen molar-refractivity contribution in [1.82, 2.24) is 4.31 Å². The second-order valence-electron chi connectivity index (χ2n) is 7.74. The van der Waals surface area contributed by atoms with Crippen LogP contribution in [0.5, 0.6) is 0 Å². The van der Waals surface area contributed by atoms with Crippen LogP contribution in [0.2, 0.25) is 0 Å². The van der Waals surface area contributed by atoms with E-state index in [1.807, 2.05) is 0 Å². The fourth-order valence-electron chi connectivity index (χ4n) is 3.89. The molecule has 0 aromatic heterocycles. The quantitative estimate of drug-likeness (QED) is 0.802. The lowest BCUT2D eigenvalue weighted by Gasteiger charge is -2.26. The molecule has 0 bridgehead atoms. The zero-order chi connectivity index (χ0) is 19.3. The van der Waals surface area contributed by atoms with E-state index in [4.69, 9.17) is 4.74 Å². The largest absolute Gasteiger partial charge is 0.368 e. The van der Waals surface area contributed by atoms with E-state index in [0.29, 0.717) is 24.7 Å². The highest BCUT2D eigenvalue weighted by atomic mass is 32.2. The van der Waals surface area contributed by atoms with Gasteiger partial charge in [0, 0.05) is 18.8 Å². The van der Waals surface area contributed by atoms with Crippen LogP contribution in [0.4, 0.5) is 5.69 Å². The van der Waals surface area contributed by atoms with Gasteiger partial charge < -0.3 is 10.1 Å². The number of benzene rings is 1. The third kappa shape index (κ3) is 5.53. The molecule has 27 heavy (non-hydrogen) atoms. The molecule has 2 aliphatic rings. The third-order valence-corrected chi connectivity index (χ3v) is 7.34. The summed E-state index contributed by atoms with van der Waals surface area (Å²) in [6.45, 7) is 3.41. The van der Waals surface area contributed by atoms with Crippen molar-refractivity contribution >= 4 is 21.6 Å². The van der Waals surface area contributed by atoms with Crippen LogP contribution in [0.1, 0.15) is 51.9 Å². The molecule has 7 heteroatoms. The van der Waals surface area contributed by atoms with Gasteiger partial charge in [0.15, 0.2) is 0 Å². The molecule has 3 rings (SSSR count). The number of carbonyl (C=O) groups is 1. The maximum Gasteiger partial charge on any atom is 0.250 e. The lowest BCUT2D eigenvalue weighted by Crippen LogP contribution is -2.35. The molecule has 2 atom stereocenters. The van der Waals surface area contributed by atoms with Crippen LogP contribution in [0.3, 0.4) is 0 Å². The fraction of sp³-hybridized carbons (Fsp3) is 0.650. The first-order valence-corrected chi connectivity index (χ1v) is 11.4. The maximum absolute atomic E-state index is 12.6. The van der Waals surface area contributed by atoms with Crippen molar-refractivity contribution in [3.05, 3.63) is 24.3 Å². The Hall–Kier alpha value is -1.44. The Morgan fingerprint density at radius 2 is 1.81 bits per heavy atom. The highest BCUT2D eigenvalue weighted by molar-refractivity contribution is 7.89. The Labute approximate surface area is 162 Å². The first-order valence-electron chi connectivity index (χ1n) is 9.97. The summed E-state index contributed by atoms with van der Waals surface area (Å²) in [6, 6.07) is 6.39. The molecule has 0 spiro atoms. The van der Waals surface area contributed by atoms with Crippen LogP contribution >= 0.6 is 0 Å². The lowest BCUT2D eigenvalue weighted by atomic mass is 9.89. The van der Waals surface area contributed by atoms with E-state index in [1.54, 1.807) is 28.6 Å². The number of ether oxygens (including phenoxy) is 1. The van der Waals surface area contributed by atoms with Gasteiger partial charge in [0.1, 0.15) is 6.61 Å². The van der Waals surface area contributed by atoms with Crippen LogP contribution in [-0.4, -0.2) is 44.4 Å². The van der Waals surface area contributed by atoms with E-state index >= 15 is 0 Å². The molecule has 0 radical (unpaired) electrons. The molecular weight excluding hydrogens is 364 g/mol. The Kier molecular flexibility index (Phi) is 6.89. The van der Waals surface area contributed by atoms with E-state index in [9.17, 15) is 13.2 Å². The van der Waals surface area contributed by atoms with Gasteiger partial charge in [-0.05, 0) is 55.9 Å². The van der Waals surface area contributed by atoms with Crippen molar-refractivity contribution < 1.29 is 17.9 Å². The Balaban J connectivity index is 1.51. The van der Waals surface area contributed by atoms with Crippen LogP contribution in [0, 0.1) is 5.92 Å². The summed E-state index contributed by atoms with van der Waals surface area (Å²) in [5.74, 6) is 0.445. The number of anilines is 1. The minimum atomic E-state index is -3.44. The van der Waals surface area contributed by atoms with Crippen LogP contribution in [-0.2, 0) is 19.6 Å². The Morgan fingerprint density at radius 1 is 1.11 bits per heavy atom. The average molecular weight is 395 g/mol. The van der Waals surface area contributed by atoms with Gasteiger partial charge in [-0.2, -0.15) is 4.31 Å². The molecule has 1 aromatic carbocycles. The summed E-state index contributed by atoms with van der Waals surface area (Å²) >= 11 is 0. The standard InChI is InChI=1S/C20H30N2O4S/c1-16-6-5-7-18(14-16)26-15-20(23)21-17-8-10-19(11-9-17)27(24,25)22-12-3-2-4-13-22/h8-11,16,18H,2-7,12-15H2,1H3,(H,21,23). The number of carbonyl (C=O) groups excluding carboxylic acids is 1. The molecule has 1 heterocycles. The van der Waals surface area contributed by atoms with Crippen LogP contribution < -0.4 is 5.32 Å². The number of amides is 1. The van der Waals surface area contributed by atoms with E-state index in [-0.39, 0.29) is 23.5 Å². The van der Waals surface area contributed by atoms with Gasteiger partial charge in [0.25, 0.3) is 0 Å². The number of rotatable bonds is 6. The summed E-state index contributed by atoms with van der Waals surface area (Å²) in [7, 11) is -3.44. The van der Waals surface area contributed by atoms with Gasteiger partial charge in [-0.15, -0.1) is 0 Å². The first-order chi connectivity index (χ1) is 12.9. The first kappa shape index (κ1) is 20.3. The average Bonchev–Trinajstić information content (AvgIpc) is 2.68. The van der Waals surface area contributed by atoms with Crippen molar-refractivity contribution in [1.29, 1.82) is 0 Å². The topological polar surface area (TPSA) is 75.7 Å². The number of piperidine rings is 1. The van der Waals surface area contributed by atoms with Crippen molar-refractivity contribution in [2.45, 2.75) is 62.9 Å². The fourth-order valence-corrected chi connectivity index (χ4v) is 5.40. The highest BCUT2D eigenvalue weighted by Crippen LogP contribution is 2.26. The molecule has 2 fully saturated rings. The number of nitrogens with zero attached hydrogens (tertiary/aromatic N) is 1. The number of nitrogens with one attached hydrogen (secondary N) is 1. The summed E-state index contributed by atoms with van der Waals surface area (Å²) in [4.78, 5) is 12.4. The molecule has 6 nitrogen and oxygen atoms in total. The predicted molar refractivity (Wildman–Crippen MR) is 105 cm³/mol. The normalized spacial score (nSPS) is 24.5. The van der Waals surface area contributed by atoms with Crippen molar-refractivity contribution in [2.75, 3.05) is 25.0 Å². The van der Waals surface area contributed by atoms with E-state index in [1.165, 1.54) is 6.42 Å². The molecular formula is C20H30N2O4S. The second-order valence-corrected chi connectivity index (χ2v) is 9.68. The van der Waals surface area contributed by atoms with Gasteiger partial charge in [-0.1, -0.05) is 26.2 Å². The molecule has 150 valence electrons. The zero-order valence-corrected chi connectivity index (χ0v) is 16.8. The van der Waals surface area contributed by atoms with Crippen molar-refractivity contribution in [3.63, 3.8) is 0 Å². The minimum Gasteiger partial charge on any atom is -0.368 e. The molecule has 1 aromatic rings. The number of sulfonamides is 1. The third-order valence-electron chi connectivity index (χ3n) is 5.43. The molecule has 1 saturated heterocycles. The van der Waals surface area contributed by atoms with Gasteiger partial charge >= 0.3 is 0 Å². The van der Waals surface area contributed by atoms with E-state index in [0.717, 1.165) is 38.5 Å². The van der Waals surface area contributed by atoms with E-state index in [2.05, 4.69) is 12.2 Å². The Morgan fingerprint density at radius 3 is 2.48 bits per heavy atom. The highest BCUT2D eigenvalue weighted by Gasteiger charge is 2.25. The van der Waals surface area contributed by atoms with Gasteiger partial charge in [0.2, 0.25) is 15.9 Å². The van der Waals surface area contributed by atoms with Gasteiger partial charge in [-0.25, -0.2) is 8.42 Å². The summed E-state index contributed by atoms with van der Waals surface area (Å²) < 4.78 is 32.6. The van der Waals surface area contributed by atoms with Crippen molar-refractivity contribution in [3.8, 4) is 0 Å². The number of hydrogen-bond donors (Lipinski definition) is 1. The van der Waals surface area contributed by atoms with Gasteiger partial charge in [0.05, 0.1) is 11.0 Å². The van der Waals surface area contributed by atoms with Gasteiger partial charge in [-0.3, -0.25) is 4.79 Å². The summed E-state index contributed by atoms with van der Waals surface area (Å²) in [6.07, 6.45) is 7.48. The summed E-state index contributed by atoms with van der Waals surface area (Å²) in [5, 5.41) is 2.78. The van der Waals surface area contributed by atoms with E-state index < -0.39 is 10.0 Å². The maximum atomic E-state index is 12.6. The molecule has 2 unspecified atom stereocenters. The molecule has 1 amide bonds. The van der Waals surface area contributed by atoms with Crippen LogP contribution in [0.15, 0.2) is 29.2 Å². The monoisotopic (exact) mass is 394 g/mol. The SMILES string of the molecule is CC1CCCC(OCC(=O)Nc2ccc(S(=O)(=O)N3CCCCC3)cc2)C1. The van der Waals surface area contributed by atoms with Crippen molar-refractivity contribution in [2.24, 2.45) is 5.92 Å². The minimum absolute atomic E-state index is 0.0330. The molecule has 1 N–H and O–H groups in total. The second kappa shape index (κ2) is 9.17.